The summed E-state index contributed by atoms with van der Waals surface area (Å²) in [5.41, 5.74) is 4.31. The second-order valence-electron chi connectivity index (χ2n) is 3.03. The highest BCUT2D eigenvalue weighted by molar-refractivity contribution is 5.29. The summed E-state index contributed by atoms with van der Waals surface area (Å²) in [5.74, 6) is 0. The van der Waals surface area contributed by atoms with Crippen LogP contribution in [-0.4, -0.2) is 0 Å². The number of hydrogen-bond donors (Lipinski definition) is 0. The molecule has 0 aliphatic rings. The van der Waals surface area contributed by atoms with Gasteiger partial charge >= 0.3 is 0 Å². The molecule has 1 aromatic carbocycles. The van der Waals surface area contributed by atoms with E-state index in [1.165, 1.54) is 16.7 Å². The zero-order valence-corrected chi connectivity index (χ0v) is 9.65. The Labute approximate surface area is 83.0 Å². The minimum atomic E-state index is 1.15. The monoisotopic (exact) mass is 178 g/mol. The Kier molecular flexibility index (Phi) is 6.30. The minimum Gasteiger partial charge on any atom is -0.0683 e. The Balaban J connectivity index is 0.000000671. The third kappa shape index (κ3) is 4.12. The van der Waals surface area contributed by atoms with Crippen LogP contribution in [0.4, 0.5) is 0 Å². The molecule has 0 spiro atoms. The normalized spacial score (nSPS) is 9.00. The van der Waals surface area contributed by atoms with Gasteiger partial charge in [-0.1, -0.05) is 51.5 Å². The van der Waals surface area contributed by atoms with E-state index in [4.69, 9.17) is 0 Å². The molecule has 0 heteroatoms. The average Bonchev–Trinajstić information content (AvgIpc) is 2.20. The second kappa shape index (κ2) is 6.71. The maximum Gasteiger partial charge on any atom is -0.0307 e. The first kappa shape index (κ1) is 12.2. The third-order valence-corrected chi connectivity index (χ3v) is 2.01. The summed E-state index contributed by atoms with van der Waals surface area (Å²) >= 11 is 0. The van der Waals surface area contributed by atoms with E-state index in [2.05, 4.69) is 39.0 Å². The summed E-state index contributed by atoms with van der Waals surface area (Å²) in [6.07, 6.45) is 2.30. The van der Waals surface area contributed by atoms with Crippen molar-refractivity contribution in [3.8, 4) is 0 Å². The molecule has 0 radical (unpaired) electrons. The van der Waals surface area contributed by atoms with Crippen molar-refractivity contribution in [2.75, 3.05) is 0 Å². The molecule has 1 rings (SSSR count). The largest absolute Gasteiger partial charge is 0.0683 e. The molecule has 13 heavy (non-hydrogen) atoms. The van der Waals surface area contributed by atoms with E-state index >= 15 is 0 Å². The van der Waals surface area contributed by atoms with E-state index in [1.807, 2.05) is 13.8 Å². The quantitative estimate of drug-likeness (QED) is 0.638. The van der Waals surface area contributed by atoms with Crippen molar-refractivity contribution >= 4 is 0 Å². The SMILES string of the molecule is CC.CCc1cc(C)cc(CC)c1. The molecule has 0 amide bonds. The average molecular weight is 178 g/mol. The fourth-order valence-corrected chi connectivity index (χ4v) is 1.36. The molecule has 0 N–H and O–H groups in total. The van der Waals surface area contributed by atoms with E-state index in [-0.39, 0.29) is 0 Å². The lowest BCUT2D eigenvalue weighted by Gasteiger charge is -2.02. The number of benzene rings is 1. The van der Waals surface area contributed by atoms with E-state index in [1.54, 1.807) is 0 Å². The summed E-state index contributed by atoms with van der Waals surface area (Å²) in [6.45, 7) is 10.6. The van der Waals surface area contributed by atoms with Gasteiger partial charge in [0.2, 0.25) is 0 Å². The lowest BCUT2D eigenvalue weighted by molar-refractivity contribution is 1.08. The molecule has 0 aliphatic carbocycles. The Bertz CT molecular complexity index is 214. The van der Waals surface area contributed by atoms with Gasteiger partial charge in [0.25, 0.3) is 0 Å². The summed E-state index contributed by atoms with van der Waals surface area (Å²) in [4.78, 5) is 0. The van der Waals surface area contributed by atoms with Crippen molar-refractivity contribution in [3.05, 3.63) is 34.9 Å². The van der Waals surface area contributed by atoms with Gasteiger partial charge in [0.15, 0.2) is 0 Å². The van der Waals surface area contributed by atoms with Crippen LogP contribution in [0.25, 0.3) is 0 Å². The van der Waals surface area contributed by atoms with Crippen LogP contribution < -0.4 is 0 Å². The van der Waals surface area contributed by atoms with Crippen molar-refractivity contribution in [1.29, 1.82) is 0 Å². The minimum absolute atomic E-state index is 1.15. The van der Waals surface area contributed by atoms with Crippen molar-refractivity contribution in [3.63, 3.8) is 0 Å². The maximum atomic E-state index is 2.30. The number of rotatable bonds is 2. The zero-order chi connectivity index (χ0) is 10.3. The van der Waals surface area contributed by atoms with Crippen LogP contribution in [0, 0.1) is 6.92 Å². The predicted octanol–water partition coefficient (Wildman–Crippen LogP) is 4.15. The topological polar surface area (TPSA) is 0 Å². The molecule has 1 aromatic rings. The fourth-order valence-electron chi connectivity index (χ4n) is 1.36. The number of hydrogen-bond acceptors (Lipinski definition) is 0. The van der Waals surface area contributed by atoms with Crippen molar-refractivity contribution < 1.29 is 0 Å². The molecule has 0 saturated carbocycles. The smallest absolute Gasteiger partial charge is 0.0307 e. The Morgan fingerprint density at radius 2 is 1.23 bits per heavy atom. The molecule has 0 heterocycles. The van der Waals surface area contributed by atoms with Gasteiger partial charge in [-0.15, -0.1) is 0 Å². The van der Waals surface area contributed by atoms with Crippen LogP contribution in [0.2, 0.25) is 0 Å². The first-order valence-corrected chi connectivity index (χ1v) is 5.35. The van der Waals surface area contributed by atoms with Gasteiger partial charge in [-0.25, -0.2) is 0 Å². The van der Waals surface area contributed by atoms with Crippen molar-refractivity contribution in [2.45, 2.75) is 47.5 Å². The van der Waals surface area contributed by atoms with Crippen molar-refractivity contribution in [2.24, 2.45) is 0 Å². The van der Waals surface area contributed by atoms with Crippen LogP contribution in [0.5, 0.6) is 0 Å². The highest BCUT2D eigenvalue weighted by Crippen LogP contribution is 2.10. The molecule has 0 nitrogen and oxygen atoms in total. The van der Waals surface area contributed by atoms with Crippen LogP contribution in [0.1, 0.15) is 44.4 Å². The summed E-state index contributed by atoms with van der Waals surface area (Å²) in [5, 5.41) is 0. The van der Waals surface area contributed by atoms with Gasteiger partial charge in [0.05, 0.1) is 0 Å². The molecular weight excluding hydrogens is 156 g/mol. The molecule has 0 atom stereocenters. The van der Waals surface area contributed by atoms with Crippen LogP contribution in [-0.2, 0) is 12.8 Å². The molecule has 0 aliphatic heterocycles. The predicted molar refractivity (Wildman–Crippen MR) is 61.3 cm³/mol. The molecule has 74 valence electrons. The van der Waals surface area contributed by atoms with Gasteiger partial charge in [0.1, 0.15) is 0 Å². The van der Waals surface area contributed by atoms with Crippen LogP contribution >= 0.6 is 0 Å². The summed E-state index contributed by atoms with van der Waals surface area (Å²) < 4.78 is 0. The zero-order valence-electron chi connectivity index (χ0n) is 9.65. The third-order valence-electron chi connectivity index (χ3n) is 2.01. The van der Waals surface area contributed by atoms with E-state index in [9.17, 15) is 0 Å². The van der Waals surface area contributed by atoms with Gasteiger partial charge in [-0.3, -0.25) is 0 Å². The molecule has 0 saturated heterocycles. The highest BCUT2D eigenvalue weighted by atomic mass is 14.0. The number of aryl methyl sites for hydroxylation is 3. The standard InChI is InChI=1S/C11H16.C2H6/c1-4-10-6-9(3)7-11(5-2)8-10;1-2/h6-8H,4-5H2,1-3H3;1-2H3. The summed E-state index contributed by atoms with van der Waals surface area (Å²) in [7, 11) is 0. The van der Waals surface area contributed by atoms with E-state index in [0.29, 0.717) is 0 Å². The Hall–Kier alpha value is -0.780. The maximum absolute atomic E-state index is 2.30. The molecule has 0 bridgehead atoms. The Morgan fingerprint density at radius 1 is 0.846 bits per heavy atom. The first-order valence-electron chi connectivity index (χ1n) is 5.35. The lowest BCUT2D eigenvalue weighted by Crippen LogP contribution is -1.87. The van der Waals surface area contributed by atoms with Gasteiger partial charge < -0.3 is 0 Å². The molecule has 0 fully saturated rings. The first-order chi connectivity index (χ1) is 6.26. The fraction of sp³-hybridized carbons (Fsp3) is 0.538. The van der Waals surface area contributed by atoms with Gasteiger partial charge in [-0.05, 0) is 30.9 Å². The van der Waals surface area contributed by atoms with E-state index < -0.39 is 0 Å². The lowest BCUT2D eigenvalue weighted by atomic mass is 10.0. The van der Waals surface area contributed by atoms with E-state index in [0.717, 1.165) is 12.8 Å². The highest BCUT2D eigenvalue weighted by Gasteiger charge is 1.94. The molecule has 0 unspecified atom stereocenters. The van der Waals surface area contributed by atoms with Gasteiger partial charge in [-0.2, -0.15) is 0 Å². The molecule has 0 aromatic heterocycles. The summed E-state index contributed by atoms with van der Waals surface area (Å²) in [6, 6.07) is 6.82. The molecular formula is C13H22. The van der Waals surface area contributed by atoms with Crippen LogP contribution in [0.15, 0.2) is 18.2 Å². The Morgan fingerprint density at radius 3 is 1.54 bits per heavy atom. The van der Waals surface area contributed by atoms with Crippen LogP contribution in [0.3, 0.4) is 0 Å². The van der Waals surface area contributed by atoms with Crippen molar-refractivity contribution in [1.82, 2.24) is 0 Å². The second-order valence-corrected chi connectivity index (χ2v) is 3.03. The van der Waals surface area contributed by atoms with Gasteiger partial charge in [0, 0.05) is 0 Å².